The van der Waals surface area contributed by atoms with Gasteiger partial charge >= 0.3 is 5.97 Å². The fraction of sp³-hybridized carbons (Fsp3) is 0.467. The normalized spacial score (nSPS) is 20.9. The highest BCUT2D eigenvalue weighted by Crippen LogP contribution is 2.25. The smallest absolute Gasteiger partial charge is 0.326 e. The highest BCUT2D eigenvalue weighted by molar-refractivity contribution is 5.86. The van der Waals surface area contributed by atoms with E-state index in [0.29, 0.717) is 13.0 Å². The lowest BCUT2D eigenvalue weighted by Gasteiger charge is -2.36. The van der Waals surface area contributed by atoms with Gasteiger partial charge in [-0.25, -0.2) is 4.79 Å². The number of carbonyl (C=O) groups is 2. The molecule has 2 unspecified atom stereocenters. The number of carboxylic acids is 1. The van der Waals surface area contributed by atoms with Crippen molar-refractivity contribution in [2.24, 2.45) is 11.7 Å². The first-order chi connectivity index (χ1) is 9.41. The van der Waals surface area contributed by atoms with Gasteiger partial charge in [0.15, 0.2) is 0 Å². The molecule has 5 nitrogen and oxygen atoms in total. The second-order valence-corrected chi connectivity index (χ2v) is 5.44. The van der Waals surface area contributed by atoms with Crippen molar-refractivity contribution in [2.75, 3.05) is 0 Å². The number of hydrogen-bond acceptors (Lipinski definition) is 3. The second kappa shape index (κ2) is 5.63. The summed E-state index contributed by atoms with van der Waals surface area (Å²) in [5.74, 6) is -1.55. The minimum Gasteiger partial charge on any atom is -0.480 e. The number of nitrogens with zero attached hydrogens (tertiary/aromatic N) is 1. The number of carboxylic acid groups (broad SMARTS) is 1. The Hall–Kier alpha value is -1.88. The van der Waals surface area contributed by atoms with Crippen molar-refractivity contribution in [1.29, 1.82) is 0 Å². The molecule has 1 amide bonds. The van der Waals surface area contributed by atoms with Crippen LogP contribution in [-0.4, -0.2) is 34.0 Å². The minimum atomic E-state index is -0.968. The molecule has 1 heterocycles. The Labute approximate surface area is 118 Å². The first-order valence-electron chi connectivity index (χ1n) is 6.77. The molecule has 5 heteroatoms. The third kappa shape index (κ3) is 2.67. The summed E-state index contributed by atoms with van der Waals surface area (Å²) in [6, 6.07) is 6.54. The molecule has 0 aliphatic carbocycles. The zero-order valence-electron chi connectivity index (χ0n) is 11.7. The van der Waals surface area contributed by atoms with Crippen LogP contribution in [0.5, 0.6) is 0 Å². The lowest BCUT2D eigenvalue weighted by Crippen LogP contribution is -2.52. The van der Waals surface area contributed by atoms with Crippen LogP contribution in [0, 0.1) is 5.92 Å². The Bertz CT molecular complexity index is 528. The molecule has 3 atom stereocenters. The molecule has 0 fully saturated rings. The first-order valence-corrected chi connectivity index (χ1v) is 6.77. The van der Waals surface area contributed by atoms with Gasteiger partial charge in [0.1, 0.15) is 6.04 Å². The fourth-order valence-electron chi connectivity index (χ4n) is 2.46. The van der Waals surface area contributed by atoms with Crippen LogP contribution in [0.2, 0.25) is 0 Å². The number of nitrogens with two attached hydrogens (primary N) is 1. The summed E-state index contributed by atoms with van der Waals surface area (Å²) >= 11 is 0. The van der Waals surface area contributed by atoms with Gasteiger partial charge in [0.05, 0.1) is 5.92 Å². The summed E-state index contributed by atoms with van der Waals surface area (Å²) in [7, 11) is 0. The topological polar surface area (TPSA) is 83.6 Å². The molecule has 0 spiro atoms. The third-order valence-electron chi connectivity index (χ3n) is 3.99. The van der Waals surface area contributed by atoms with Gasteiger partial charge in [-0.3, -0.25) is 4.79 Å². The van der Waals surface area contributed by atoms with Crippen LogP contribution in [0.4, 0.5) is 0 Å². The van der Waals surface area contributed by atoms with Crippen LogP contribution in [0.25, 0.3) is 0 Å². The van der Waals surface area contributed by atoms with E-state index in [1.54, 1.807) is 13.8 Å². The van der Waals surface area contributed by atoms with Gasteiger partial charge in [-0.2, -0.15) is 0 Å². The molecule has 108 valence electrons. The molecule has 3 N–H and O–H groups in total. The number of fused-ring (bicyclic) bond motifs is 1. The van der Waals surface area contributed by atoms with Crippen LogP contribution in [-0.2, 0) is 22.6 Å². The van der Waals surface area contributed by atoms with E-state index < -0.39 is 12.0 Å². The average molecular weight is 276 g/mol. The zero-order valence-corrected chi connectivity index (χ0v) is 11.7. The molecular weight excluding hydrogens is 256 g/mol. The maximum absolute atomic E-state index is 12.4. The Morgan fingerprint density at radius 1 is 1.30 bits per heavy atom. The summed E-state index contributed by atoms with van der Waals surface area (Å²) in [5, 5.41) is 9.38. The van der Waals surface area contributed by atoms with E-state index in [2.05, 4.69) is 0 Å². The highest BCUT2D eigenvalue weighted by Gasteiger charge is 2.36. The highest BCUT2D eigenvalue weighted by atomic mass is 16.4. The second-order valence-electron chi connectivity index (χ2n) is 5.44. The van der Waals surface area contributed by atoms with E-state index in [1.807, 2.05) is 24.3 Å². The number of benzene rings is 1. The van der Waals surface area contributed by atoms with Crippen LogP contribution >= 0.6 is 0 Å². The van der Waals surface area contributed by atoms with Gasteiger partial charge in [0.25, 0.3) is 0 Å². The summed E-state index contributed by atoms with van der Waals surface area (Å²) in [5.41, 5.74) is 7.77. The number of carbonyl (C=O) groups excluding carboxylic acids is 1. The van der Waals surface area contributed by atoms with Crippen molar-refractivity contribution in [3.05, 3.63) is 35.4 Å². The molecule has 0 bridgehead atoms. The largest absolute Gasteiger partial charge is 0.480 e. The maximum Gasteiger partial charge on any atom is 0.326 e. The lowest BCUT2D eigenvalue weighted by atomic mass is 9.92. The van der Waals surface area contributed by atoms with Gasteiger partial charge < -0.3 is 15.7 Å². The number of aliphatic carboxylic acids is 1. The summed E-state index contributed by atoms with van der Waals surface area (Å²) in [6.45, 7) is 3.84. The predicted octanol–water partition coefficient (Wildman–Crippen LogP) is 1.01. The lowest BCUT2D eigenvalue weighted by molar-refractivity contribution is -0.153. The van der Waals surface area contributed by atoms with E-state index in [9.17, 15) is 14.7 Å². The van der Waals surface area contributed by atoms with Gasteiger partial charge in [-0.15, -0.1) is 0 Å². The molecule has 0 aromatic heterocycles. The Balaban J connectivity index is 2.31. The van der Waals surface area contributed by atoms with Crippen LogP contribution in [0.15, 0.2) is 24.3 Å². The van der Waals surface area contributed by atoms with E-state index in [0.717, 1.165) is 11.1 Å². The van der Waals surface area contributed by atoms with Crippen LogP contribution < -0.4 is 5.73 Å². The van der Waals surface area contributed by atoms with Crippen molar-refractivity contribution < 1.29 is 14.7 Å². The Kier molecular flexibility index (Phi) is 4.09. The Morgan fingerprint density at radius 3 is 2.45 bits per heavy atom. The summed E-state index contributed by atoms with van der Waals surface area (Å²) in [6.07, 6.45) is 0.350. The third-order valence-corrected chi connectivity index (χ3v) is 3.99. The average Bonchev–Trinajstić information content (AvgIpc) is 2.44. The quantitative estimate of drug-likeness (QED) is 0.863. The van der Waals surface area contributed by atoms with E-state index in [4.69, 9.17) is 5.73 Å². The molecule has 1 aliphatic heterocycles. The van der Waals surface area contributed by atoms with Crippen molar-refractivity contribution in [2.45, 2.75) is 38.9 Å². The van der Waals surface area contributed by atoms with Crippen LogP contribution in [0.3, 0.4) is 0 Å². The van der Waals surface area contributed by atoms with Gasteiger partial charge in [0, 0.05) is 19.0 Å². The monoisotopic (exact) mass is 276 g/mol. The summed E-state index contributed by atoms with van der Waals surface area (Å²) in [4.78, 5) is 25.3. The molecule has 20 heavy (non-hydrogen) atoms. The molecule has 2 rings (SSSR count). The van der Waals surface area contributed by atoms with Crippen molar-refractivity contribution in [1.82, 2.24) is 4.90 Å². The molecular formula is C15H20N2O3. The maximum atomic E-state index is 12.4. The molecule has 1 aromatic rings. The van der Waals surface area contributed by atoms with E-state index in [1.165, 1.54) is 4.90 Å². The molecule has 0 radical (unpaired) electrons. The fourth-order valence-corrected chi connectivity index (χ4v) is 2.46. The van der Waals surface area contributed by atoms with Crippen molar-refractivity contribution in [3.8, 4) is 0 Å². The molecule has 0 saturated carbocycles. The van der Waals surface area contributed by atoms with E-state index in [-0.39, 0.29) is 17.9 Å². The number of hydrogen-bond donors (Lipinski definition) is 2. The van der Waals surface area contributed by atoms with Gasteiger partial charge in [0.2, 0.25) is 5.91 Å². The van der Waals surface area contributed by atoms with E-state index >= 15 is 0 Å². The van der Waals surface area contributed by atoms with Crippen molar-refractivity contribution >= 4 is 11.9 Å². The zero-order chi connectivity index (χ0) is 14.9. The number of amides is 1. The molecule has 1 aromatic carbocycles. The van der Waals surface area contributed by atoms with Gasteiger partial charge in [-0.1, -0.05) is 31.2 Å². The SMILES string of the molecule is CC(N)C(C)C(=O)N1Cc2ccccc2C[C@@H]1C(=O)O. The predicted molar refractivity (Wildman–Crippen MR) is 74.9 cm³/mol. The Morgan fingerprint density at radius 2 is 1.90 bits per heavy atom. The van der Waals surface area contributed by atoms with Crippen LogP contribution in [0.1, 0.15) is 25.0 Å². The molecule has 0 saturated heterocycles. The summed E-state index contributed by atoms with van der Waals surface area (Å²) < 4.78 is 0. The van der Waals surface area contributed by atoms with Crippen molar-refractivity contribution in [3.63, 3.8) is 0 Å². The molecule has 1 aliphatic rings. The standard InChI is InChI=1S/C15H20N2O3/c1-9(10(2)16)14(18)17-8-12-6-4-3-5-11(12)7-13(17)15(19)20/h3-6,9-10,13H,7-8,16H2,1-2H3,(H,19,20)/t9?,10?,13-/m1/s1. The minimum absolute atomic E-state index is 0.193. The van der Waals surface area contributed by atoms with Gasteiger partial charge in [-0.05, 0) is 18.1 Å². The first kappa shape index (κ1) is 14.5. The number of rotatable bonds is 3.